The molecule has 8 heteroatoms. The number of benzene rings is 1. The Labute approximate surface area is 145 Å². The van der Waals surface area contributed by atoms with Crippen LogP contribution in [0.25, 0.3) is 0 Å². The van der Waals surface area contributed by atoms with E-state index < -0.39 is 18.2 Å². The summed E-state index contributed by atoms with van der Waals surface area (Å²) in [5.41, 5.74) is 0.855. The van der Waals surface area contributed by atoms with E-state index in [4.69, 9.17) is 0 Å². The van der Waals surface area contributed by atoms with Gasteiger partial charge in [0.05, 0.1) is 0 Å². The maximum absolute atomic E-state index is 13.2. The largest absolute Gasteiger partial charge is 0.333 e. The number of aliphatic imine (C=N–C) groups is 1. The molecule has 1 aromatic carbocycles. The molecule has 2 heterocycles. The molecule has 2 aliphatic rings. The molecule has 7 nitrogen and oxygen atoms in total. The van der Waals surface area contributed by atoms with Crippen molar-refractivity contribution >= 4 is 17.9 Å². The minimum Gasteiger partial charge on any atom is -0.333 e. The fourth-order valence-electron chi connectivity index (χ4n) is 2.95. The van der Waals surface area contributed by atoms with Crippen LogP contribution in [-0.2, 0) is 11.3 Å². The number of fused-ring (bicyclic) bond motifs is 1. The minimum atomic E-state index is -0.585. The highest BCUT2D eigenvalue weighted by molar-refractivity contribution is 6.04. The first-order valence-corrected chi connectivity index (χ1v) is 8.26. The van der Waals surface area contributed by atoms with Crippen LogP contribution in [0.5, 0.6) is 0 Å². The summed E-state index contributed by atoms with van der Waals surface area (Å²) in [5.74, 6) is 0.260. The van der Waals surface area contributed by atoms with Crippen LogP contribution in [0.15, 0.2) is 29.3 Å². The summed E-state index contributed by atoms with van der Waals surface area (Å²) in [7, 11) is 1.63. The molecule has 1 aromatic rings. The van der Waals surface area contributed by atoms with Crippen molar-refractivity contribution in [2.75, 3.05) is 13.6 Å². The number of nitrogens with one attached hydrogen (secondary N) is 2. The number of likely N-dealkylation sites (N-methyl/N-ethyl adjacent to an activating group) is 1. The molecular formula is C17H22FN5O2. The van der Waals surface area contributed by atoms with Gasteiger partial charge in [-0.3, -0.25) is 15.1 Å². The number of amides is 3. The number of imide groups is 1. The van der Waals surface area contributed by atoms with E-state index in [1.165, 1.54) is 17.0 Å². The molecule has 2 aliphatic heterocycles. The number of carbonyl (C=O) groups is 2. The number of urea groups is 1. The lowest BCUT2D eigenvalue weighted by atomic mass is 10.1. The van der Waals surface area contributed by atoms with E-state index in [0.29, 0.717) is 25.0 Å². The van der Waals surface area contributed by atoms with E-state index in [-0.39, 0.29) is 11.7 Å². The van der Waals surface area contributed by atoms with Crippen molar-refractivity contribution in [3.63, 3.8) is 0 Å². The Kier molecular flexibility index (Phi) is 4.61. The van der Waals surface area contributed by atoms with E-state index in [1.54, 1.807) is 19.2 Å². The highest BCUT2D eigenvalue weighted by Gasteiger charge is 2.49. The molecule has 25 heavy (non-hydrogen) atoms. The highest BCUT2D eigenvalue weighted by atomic mass is 19.1. The average Bonchev–Trinajstić information content (AvgIpc) is 2.92. The monoisotopic (exact) mass is 347 g/mol. The van der Waals surface area contributed by atoms with E-state index >= 15 is 0 Å². The van der Waals surface area contributed by atoms with Crippen molar-refractivity contribution in [3.05, 3.63) is 35.6 Å². The maximum Gasteiger partial charge on any atom is 0.325 e. The summed E-state index contributed by atoms with van der Waals surface area (Å²) in [4.78, 5) is 32.2. The molecule has 134 valence electrons. The van der Waals surface area contributed by atoms with Gasteiger partial charge in [-0.2, -0.15) is 0 Å². The Morgan fingerprint density at radius 1 is 1.24 bits per heavy atom. The predicted molar refractivity (Wildman–Crippen MR) is 91.1 cm³/mol. The third-order valence-electron chi connectivity index (χ3n) is 4.29. The highest BCUT2D eigenvalue weighted by Crippen LogP contribution is 2.23. The number of rotatable bonds is 4. The Balaban J connectivity index is 1.91. The molecule has 0 bridgehead atoms. The molecule has 3 rings (SSSR count). The third kappa shape index (κ3) is 3.42. The van der Waals surface area contributed by atoms with Gasteiger partial charge in [-0.1, -0.05) is 26.0 Å². The van der Waals surface area contributed by atoms with Gasteiger partial charge in [0, 0.05) is 20.1 Å². The topological polar surface area (TPSA) is 77.0 Å². The van der Waals surface area contributed by atoms with Crippen LogP contribution >= 0.6 is 0 Å². The van der Waals surface area contributed by atoms with Crippen molar-refractivity contribution in [1.29, 1.82) is 0 Å². The summed E-state index contributed by atoms with van der Waals surface area (Å²) in [5, 5.41) is 5.55. The zero-order chi connectivity index (χ0) is 18.1. The van der Waals surface area contributed by atoms with Crippen LogP contribution < -0.4 is 10.6 Å². The SMILES string of the molecule is CC(C)CN=C1NC2C(C(=O)NC(=O)N2C)N1Cc1ccc(F)cc1. The van der Waals surface area contributed by atoms with Gasteiger partial charge in [0.2, 0.25) is 0 Å². The maximum atomic E-state index is 13.2. The smallest absolute Gasteiger partial charge is 0.325 e. The Morgan fingerprint density at radius 2 is 1.92 bits per heavy atom. The van der Waals surface area contributed by atoms with Crippen LogP contribution in [0, 0.1) is 11.7 Å². The molecule has 0 radical (unpaired) electrons. The first-order valence-electron chi connectivity index (χ1n) is 8.26. The van der Waals surface area contributed by atoms with Crippen LogP contribution in [0.1, 0.15) is 19.4 Å². The zero-order valence-corrected chi connectivity index (χ0v) is 14.5. The van der Waals surface area contributed by atoms with Gasteiger partial charge in [-0.15, -0.1) is 0 Å². The number of hydrogen-bond acceptors (Lipinski definition) is 3. The van der Waals surface area contributed by atoms with E-state index in [0.717, 1.165) is 5.56 Å². The molecule has 2 N–H and O–H groups in total. The second-order valence-corrected chi connectivity index (χ2v) is 6.75. The summed E-state index contributed by atoms with van der Waals surface area (Å²) in [6.07, 6.45) is -0.479. The lowest BCUT2D eigenvalue weighted by Crippen LogP contribution is -2.64. The molecule has 2 atom stereocenters. The number of guanidine groups is 1. The van der Waals surface area contributed by atoms with Crippen LogP contribution in [0.3, 0.4) is 0 Å². The fraction of sp³-hybridized carbons (Fsp3) is 0.471. The molecule has 2 unspecified atom stereocenters. The van der Waals surface area contributed by atoms with Gasteiger partial charge in [0.1, 0.15) is 12.0 Å². The molecule has 2 fully saturated rings. The zero-order valence-electron chi connectivity index (χ0n) is 14.5. The van der Waals surface area contributed by atoms with Crippen LogP contribution in [-0.4, -0.2) is 53.5 Å². The number of halogens is 1. The molecule has 0 aliphatic carbocycles. The van der Waals surface area contributed by atoms with Crippen molar-refractivity contribution in [2.24, 2.45) is 10.9 Å². The quantitative estimate of drug-likeness (QED) is 0.856. The summed E-state index contributed by atoms with van der Waals surface area (Å²) in [6, 6.07) is 5.11. The standard InChI is InChI=1S/C17H22FN5O2/c1-10(2)8-19-16-20-14-13(15(24)21-17(25)22(14)3)23(16)9-11-4-6-12(18)7-5-11/h4-7,10,13-14H,8-9H2,1-3H3,(H,19,20)(H,21,24,25). The van der Waals surface area contributed by atoms with Gasteiger partial charge in [0.15, 0.2) is 12.0 Å². The second kappa shape index (κ2) is 6.70. The lowest BCUT2D eigenvalue weighted by molar-refractivity contribution is -0.127. The Bertz CT molecular complexity index is 703. The average molecular weight is 347 g/mol. The number of nitrogens with zero attached hydrogens (tertiary/aromatic N) is 3. The summed E-state index contributed by atoms with van der Waals surface area (Å²) < 4.78 is 13.2. The molecule has 0 spiro atoms. The van der Waals surface area contributed by atoms with E-state index in [1.807, 2.05) is 4.90 Å². The van der Waals surface area contributed by atoms with Gasteiger partial charge in [-0.05, 0) is 23.6 Å². The Hall–Kier alpha value is -2.64. The van der Waals surface area contributed by atoms with E-state index in [2.05, 4.69) is 29.5 Å². The lowest BCUT2D eigenvalue weighted by Gasteiger charge is -2.35. The normalized spacial score (nSPS) is 24.6. The van der Waals surface area contributed by atoms with Crippen molar-refractivity contribution in [1.82, 2.24) is 20.4 Å². The van der Waals surface area contributed by atoms with Crippen LogP contribution in [0.4, 0.5) is 9.18 Å². The van der Waals surface area contributed by atoms with Gasteiger partial charge >= 0.3 is 6.03 Å². The molecular weight excluding hydrogens is 325 g/mol. The first kappa shape index (κ1) is 17.2. The van der Waals surface area contributed by atoms with Crippen molar-refractivity contribution < 1.29 is 14.0 Å². The third-order valence-corrected chi connectivity index (χ3v) is 4.29. The first-order chi connectivity index (χ1) is 11.9. The Morgan fingerprint density at radius 3 is 2.56 bits per heavy atom. The second-order valence-electron chi connectivity index (χ2n) is 6.75. The van der Waals surface area contributed by atoms with E-state index in [9.17, 15) is 14.0 Å². The molecule has 0 saturated carbocycles. The fourth-order valence-corrected chi connectivity index (χ4v) is 2.95. The molecule has 3 amide bonds. The minimum absolute atomic E-state index is 0.310. The van der Waals surface area contributed by atoms with Crippen molar-refractivity contribution in [3.8, 4) is 0 Å². The van der Waals surface area contributed by atoms with Gasteiger partial charge < -0.3 is 15.1 Å². The summed E-state index contributed by atoms with van der Waals surface area (Å²) in [6.45, 7) is 5.10. The summed E-state index contributed by atoms with van der Waals surface area (Å²) >= 11 is 0. The number of carbonyl (C=O) groups excluding carboxylic acids is 2. The van der Waals surface area contributed by atoms with Gasteiger partial charge in [0.25, 0.3) is 5.91 Å². The van der Waals surface area contributed by atoms with Crippen molar-refractivity contribution in [2.45, 2.75) is 32.6 Å². The number of hydrogen-bond donors (Lipinski definition) is 2. The molecule has 0 aromatic heterocycles. The predicted octanol–water partition coefficient (Wildman–Crippen LogP) is 1.12. The molecule has 2 saturated heterocycles. The van der Waals surface area contributed by atoms with Gasteiger partial charge in [-0.25, -0.2) is 9.18 Å². The van der Waals surface area contributed by atoms with Crippen LogP contribution in [0.2, 0.25) is 0 Å².